The second kappa shape index (κ2) is 22.6. The molecule has 2 aromatic heterocycles. The fourth-order valence-corrected chi connectivity index (χ4v) is 15.9. The van der Waals surface area contributed by atoms with Crippen LogP contribution < -0.4 is 30.0 Å². The van der Waals surface area contributed by atoms with Crippen molar-refractivity contribution in [3.63, 3.8) is 0 Å². The van der Waals surface area contributed by atoms with Crippen LogP contribution in [0.25, 0.3) is 66.1 Å². The summed E-state index contributed by atoms with van der Waals surface area (Å²) in [5.74, 6) is 0. The van der Waals surface area contributed by atoms with E-state index in [0.29, 0.717) is 0 Å². The molecular weight excluding hydrogens is 1450 g/mol. The Balaban J connectivity index is 0.000000155. The number of nitrogens with zero attached hydrogens (tertiary/aromatic N) is 6. The summed E-state index contributed by atoms with van der Waals surface area (Å²) in [4.78, 5) is 8.82. The third kappa shape index (κ3) is 8.95. The fourth-order valence-electron chi connectivity index (χ4n) is 13.8. The van der Waals surface area contributed by atoms with E-state index >= 15 is 0 Å². The summed E-state index contributed by atoms with van der Waals surface area (Å²) in [5.41, 5.74) is 20.0. The van der Waals surface area contributed by atoms with Crippen LogP contribution in [-0.4, -0.2) is 31.3 Å². The second-order valence-corrected chi connectivity index (χ2v) is 27.4. The first-order valence-electron chi connectivity index (χ1n) is 29.3. The number of hydrogen-bond donors (Lipinski definition) is 0. The molecular formula is C79H56N6Pt2Si. The Morgan fingerprint density at radius 3 is 1.38 bits per heavy atom. The molecule has 1 aliphatic carbocycles. The molecule has 14 aromatic rings. The van der Waals surface area contributed by atoms with Crippen LogP contribution in [0.3, 0.4) is 0 Å². The van der Waals surface area contributed by atoms with Gasteiger partial charge in [0.25, 0.3) is 0 Å². The van der Waals surface area contributed by atoms with Gasteiger partial charge in [-0.1, -0.05) is 145 Å². The third-order valence-electron chi connectivity index (χ3n) is 17.9. The van der Waals surface area contributed by atoms with E-state index in [-0.39, 0.29) is 42.1 Å². The summed E-state index contributed by atoms with van der Waals surface area (Å²) in [5, 5.41) is 7.46. The molecule has 12 aromatic carbocycles. The van der Waals surface area contributed by atoms with Crippen molar-refractivity contribution in [2.24, 2.45) is 0 Å². The van der Waals surface area contributed by atoms with Gasteiger partial charge in [-0.05, 0) is 83.5 Å². The molecule has 2 aliphatic heterocycles. The van der Waals surface area contributed by atoms with Crippen molar-refractivity contribution in [3.8, 4) is 22.5 Å². The molecule has 88 heavy (non-hydrogen) atoms. The van der Waals surface area contributed by atoms with Gasteiger partial charge in [-0.3, -0.25) is 0 Å². The smallest absolute Gasteiger partial charge is 0.504 e. The summed E-state index contributed by atoms with van der Waals surface area (Å²) in [6.45, 7) is 9.09. The van der Waals surface area contributed by atoms with E-state index in [9.17, 15) is 0 Å². The Kier molecular flexibility index (Phi) is 14.6. The molecule has 0 N–H and O–H groups in total. The van der Waals surface area contributed by atoms with Gasteiger partial charge in [0.15, 0.2) is 0 Å². The van der Waals surface area contributed by atoms with Gasteiger partial charge < -0.3 is 28.7 Å². The van der Waals surface area contributed by atoms with Crippen LogP contribution in [0.4, 0.5) is 34.1 Å². The summed E-state index contributed by atoms with van der Waals surface area (Å²) >= 11 is 0. The van der Waals surface area contributed by atoms with Gasteiger partial charge >= 0.3 is 42.1 Å². The second-order valence-electron chi connectivity index (χ2n) is 23.0. The monoisotopic (exact) mass is 1510 g/mol. The largest absolute Gasteiger partial charge is 4.00 e. The summed E-state index contributed by atoms with van der Waals surface area (Å²) in [6, 6.07) is 113. The van der Waals surface area contributed by atoms with Gasteiger partial charge in [-0.2, -0.15) is 157 Å². The predicted octanol–water partition coefficient (Wildman–Crippen LogP) is 17.0. The van der Waals surface area contributed by atoms with E-state index in [0.717, 1.165) is 56.1 Å². The summed E-state index contributed by atoms with van der Waals surface area (Å²) < 4.78 is 4.60. The van der Waals surface area contributed by atoms with Gasteiger partial charge in [0, 0.05) is 39.2 Å². The van der Waals surface area contributed by atoms with Crippen LogP contribution in [0.2, 0.25) is 13.1 Å². The van der Waals surface area contributed by atoms with Gasteiger partial charge in [-0.25, -0.2) is 0 Å². The number of aromatic nitrogens is 2. The molecule has 0 radical (unpaired) electrons. The van der Waals surface area contributed by atoms with Gasteiger partial charge in [0.2, 0.25) is 0 Å². The first-order valence-corrected chi connectivity index (χ1v) is 32.3. The van der Waals surface area contributed by atoms with Crippen LogP contribution in [-0.2, 0) is 47.5 Å². The van der Waals surface area contributed by atoms with Crippen LogP contribution in [0.1, 0.15) is 22.3 Å². The molecule has 0 saturated heterocycles. The average Bonchev–Trinajstić information content (AvgIpc) is 1.53. The molecule has 0 saturated carbocycles. The van der Waals surface area contributed by atoms with E-state index in [2.05, 4.69) is 336 Å². The molecule has 0 amide bonds. The molecule has 4 heterocycles. The molecule has 0 fully saturated rings. The molecule has 0 atom stereocenters. The zero-order chi connectivity index (χ0) is 57.7. The maximum absolute atomic E-state index is 3.96. The van der Waals surface area contributed by atoms with E-state index in [1.165, 1.54) is 76.8 Å². The zero-order valence-electron chi connectivity index (χ0n) is 48.7. The van der Waals surface area contributed by atoms with E-state index in [1.54, 1.807) is 0 Å². The van der Waals surface area contributed by atoms with Crippen molar-refractivity contribution in [1.29, 1.82) is 0 Å². The van der Waals surface area contributed by atoms with Gasteiger partial charge in [-0.15, -0.1) is 45.4 Å². The summed E-state index contributed by atoms with van der Waals surface area (Å²) in [6.07, 6.45) is 0. The van der Waals surface area contributed by atoms with Gasteiger partial charge in [0.1, 0.15) is 0 Å². The molecule has 426 valence electrons. The van der Waals surface area contributed by atoms with E-state index in [1.807, 2.05) is 24.3 Å². The molecule has 0 bridgehead atoms. The third-order valence-corrected chi connectivity index (χ3v) is 21.2. The van der Waals surface area contributed by atoms with Crippen molar-refractivity contribution in [2.75, 3.05) is 33.7 Å². The van der Waals surface area contributed by atoms with Crippen LogP contribution in [0.5, 0.6) is 0 Å². The Morgan fingerprint density at radius 2 is 0.818 bits per heavy atom. The number of rotatable bonds is 8. The van der Waals surface area contributed by atoms with Crippen LogP contribution in [0.15, 0.2) is 255 Å². The van der Waals surface area contributed by atoms with Crippen molar-refractivity contribution in [3.05, 3.63) is 327 Å². The molecule has 17 rings (SSSR count). The first kappa shape index (κ1) is 56.8. The molecule has 9 heteroatoms. The number of hydrogen-bond acceptors (Lipinski definition) is 4. The van der Waals surface area contributed by atoms with E-state index < -0.39 is 13.5 Å². The minimum absolute atomic E-state index is 0. The molecule has 0 unspecified atom stereocenters. The van der Waals surface area contributed by atoms with Crippen LogP contribution in [0, 0.1) is 49.7 Å². The van der Waals surface area contributed by atoms with Gasteiger partial charge in [0.05, 0.1) is 8.07 Å². The Hall–Kier alpha value is -8.97. The maximum Gasteiger partial charge on any atom is 4.00 e. The minimum atomic E-state index is -2.10. The standard InChI is InChI=1S/C45H29N3.C34H27N3Si.2Pt/c1-46-30-47(44-25-12-11-24-43(44)46)34-17-13-14-31(28-34)45(39-21-8-5-18-35(39)36-19-6-9-22-40(36)45)32-26-27-42-38(29-32)37-20-7-10-23-41(37)48(42)33-15-3-2-4-16-33;1-35-24-36(34-19-10-9-18-33(34)35)26-14-11-15-27(22-26)38(2,3)28-20-21-32-30(23-28)29-16-7-8-17-31(29)37(32)25-12-5-4-6-13-25;;/h2-15,17-25,27,29-30H,1H3;4-12,14-19,21,23-24H,1-3H3;;/q2*-4;2*+4. The van der Waals surface area contributed by atoms with Crippen molar-refractivity contribution in [1.82, 2.24) is 9.13 Å². The quantitative estimate of drug-likeness (QED) is 0.112. The Labute approximate surface area is 544 Å². The Bertz CT molecular complexity index is 4910. The number of para-hydroxylation sites is 8. The minimum Gasteiger partial charge on any atom is -0.504 e. The SMILES string of the molecule is CN1[CH-]N(c2[c-]c(C3(c4[c-]cc5c(c4)c4ccccc4n5-c4[c-]cccc4)c4ccccc4-c4ccccc43)ccc2)c2ccccc21.CN1[CH-]N(c2[c-]c([Si](C)(C)c3[c-]cc4c(c3)c3ccccc3n4-c3[c-]cccc3)ccc2)c2ccccc21.[Pt+4].[Pt+4]. The molecule has 3 aliphatic rings. The molecule has 0 spiro atoms. The predicted molar refractivity (Wildman–Crippen MR) is 358 cm³/mol. The van der Waals surface area contributed by atoms with E-state index in [4.69, 9.17) is 0 Å². The normalized spacial score (nSPS) is 13.6. The van der Waals surface area contributed by atoms with Crippen molar-refractivity contribution >= 4 is 96.2 Å². The maximum atomic E-state index is 3.96. The van der Waals surface area contributed by atoms with Crippen molar-refractivity contribution < 1.29 is 42.1 Å². The first-order chi connectivity index (χ1) is 42.3. The number of anilines is 6. The van der Waals surface area contributed by atoms with Crippen LogP contribution >= 0.6 is 0 Å². The topological polar surface area (TPSA) is 22.8 Å². The average molecular weight is 1510 g/mol. The fraction of sp³-hybridized carbons (Fsp3) is 0.0633. The Morgan fingerprint density at radius 1 is 0.364 bits per heavy atom. The zero-order valence-corrected chi connectivity index (χ0v) is 54.3. The summed E-state index contributed by atoms with van der Waals surface area (Å²) in [7, 11) is 2.09. The number of fused-ring (bicyclic) bond motifs is 11. The molecule has 6 nitrogen and oxygen atoms in total. The van der Waals surface area contributed by atoms with Crippen molar-refractivity contribution in [2.45, 2.75) is 18.5 Å². The number of benzene rings is 12.